The van der Waals surface area contributed by atoms with E-state index in [0.29, 0.717) is 12.0 Å². The highest BCUT2D eigenvalue weighted by Gasteiger charge is 2.35. The zero-order valence-corrected chi connectivity index (χ0v) is 12.7. The first-order chi connectivity index (χ1) is 9.15. The van der Waals surface area contributed by atoms with Crippen LogP contribution in [0.15, 0.2) is 22.7 Å². The number of fused-ring (bicyclic) bond motifs is 3. The number of halogens is 1. The largest absolute Gasteiger partial charge is 0.348 e. The molecular formula is C15H19BrN2O. The van der Waals surface area contributed by atoms with E-state index in [4.69, 9.17) is 0 Å². The van der Waals surface area contributed by atoms with Crippen LogP contribution >= 0.6 is 15.9 Å². The molecule has 2 bridgehead atoms. The number of piperidine rings is 3. The van der Waals surface area contributed by atoms with Gasteiger partial charge in [-0.3, -0.25) is 4.79 Å². The van der Waals surface area contributed by atoms with Gasteiger partial charge in [-0.05, 0) is 66.3 Å². The summed E-state index contributed by atoms with van der Waals surface area (Å²) in [6, 6.07) is 6.15. The van der Waals surface area contributed by atoms with E-state index in [9.17, 15) is 4.79 Å². The van der Waals surface area contributed by atoms with E-state index in [2.05, 4.69) is 26.1 Å². The molecule has 3 heterocycles. The van der Waals surface area contributed by atoms with Crippen molar-refractivity contribution in [3.05, 3.63) is 33.8 Å². The number of rotatable bonds is 2. The molecule has 3 saturated heterocycles. The SMILES string of the molecule is Cc1cccc(C(=O)NC2CN3CCC2CC3)c1Br. The molecule has 0 spiro atoms. The van der Waals surface area contributed by atoms with Crippen LogP contribution in [0.2, 0.25) is 0 Å². The Morgan fingerprint density at radius 1 is 1.37 bits per heavy atom. The Bertz CT molecular complexity index is 495. The van der Waals surface area contributed by atoms with Crippen molar-refractivity contribution in [2.24, 2.45) is 5.92 Å². The molecule has 1 N–H and O–H groups in total. The second-order valence-electron chi connectivity index (χ2n) is 5.65. The van der Waals surface area contributed by atoms with Gasteiger partial charge < -0.3 is 10.2 Å². The maximum Gasteiger partial charge on any atom is 0.252 e. The summed E-state index contributed by atoms with van der Waals surface area (Å²) < 4.78 is 0.911. The van der Waals surface area contributed by atoms with E-state index >= 15 is 0 Å². The number of amides is 1. The van der Waals surface area contributed by atoms with E-state index in [1.54, 1.807) is 0 Å². The lowest BCUT2D eigenvalue weighted by atomic mass is 9.84. The molecule has 3 aliphatic rings. The van der Waals surface area contributed by atoms with Crippen molar-refractivity contribution in [3.8, 4) is 0 Å². The number of benzene rings is 1. The van der Waals surface area contributed by atoms with Crippen LogP contribution in [0, 0.1) is 12.8 Å². The molecule has 1 unspecified atom stereocenters. The second-order valence-corrected chi connectivity index (χ2v) is 6.45. The van der Waals surface area contributed by atoms with Crippen molar-refractivity contribution in [1.29, 1.82) is 0 Å². The van der Waals surface area contributed by atoms with Crippen molar-refractivity contribution in [2.75, 3.05) is 19.6 Å². The summed E-state index contributed by atoms with van der Waals surface area (Å²) in [6.07, 6.45) is 2.44. The number of hydrogen-bond acceptors (Lipinski definition) is 2. The van der Waals surface area contributed by atoms with Crippen molar-refractivity contribution in [2.45, 2.75) is 25.8 Å². The molecule has 1 atom stereocenters. The van der Waals surface area contributed by atoms with Gasteiger partial charge in [-0.2, -0.15) is 0 Å². The first kappa shape index (κ1) is 13.1. The third-order valence-corrected chi connectivity index (χ3v) is 5.46. The van der Waals surface area contributed by atoms with Gasteiger partial charge in [-0.25, -0.2) is 0 Å². The molecule has 0 radical (unpaired) electrons. The zero-order valence-electron chi connectivity index (χ0n) is 11.2. The summed E-state index contributed by atoms with van der Waals surface area (Å²) >= 11 is 3.52. The number of carbonyl (C=O) groups is 1. The average Bonchev–Trinajstić information content (AvgIpc) is 2.43. The van der Waals surface area contributed by atoms with Crippen molar-refractivity contribution in [1.82, 2.24) is 10.2 Å². The smallest absolute Gasteiger partial charge is 0.252 e. The summed E-state index contributed by atoms with van der Waals surface area (Å²) in [5, 5.41) is 3.22. The van der Waals surface area contributed by atoms with Crippen LogP contribution in [0.1, 0.15) is 28.8 Å². The van der Waals surface area contributed by atoms with Gasteiger partial charge in [-0.15, -0.1) is 0 Å². The molecule has 1 amide bonds. The molecule has 0 aromatic heterocycles. The van der Waals surface area contributed by atoms with Crippen LogP contribution in [0.3, 0.4) is 0 Å². The molecule has 0 saturated carbocycles. The Morgan fingerprint density at radius 2 is 2.11 bits per heavy atom. The van der Waals surface area contributed by atoms with Gasteiger partial charge in [0.1, 0.15) is 0 Å². The number of hydrogen-bond donors (Lipinski definition) is 1. The van der Waals surface area contributed by atoms with Crippen LogP contribution in [-0.2, 0) is 0 Å². The van der Waals surface area contributed by atoms with E-state index in [-0.39, 0.29) is 5.91 Å². The predicted molar refractivity (Wildman–Crippen MR) is 79.3 cm³/mol. The third-order valence-electron chi connectivity index (χ3n) is 4.41. The summed E-state index contributed by atoms with van der Waals surface area (Å²) in [5.41, 5.74) is 1.85. The van der Waals surface area contributed by atoms with E-state index in [1.165, 1.54) is 25.9 Å². The van der Waals surface area contributed by atoms with E-state index in [1.807, 2.05) is 25.1 Å². The fourth-order valence-corrected chi connectivity index (χ4v) is 3.64. The highest BCUT2D eigenvalue weighted by molar-refractivity contribution is 9.10. The van der Waals surface area contributed by atoms with Crippen molar-refractivity contribution in [3.63, 3.8) is 0 Å². The van der Waals surface area contributed by atoms with Gasteiger partial charge in [0.2, 0.25) is 0 Å². The van der Waals surface area contributed by atoms with Crippen LogP contribution in [-0.4, -0.2) is 36.5 Å². The third kappa shape index (κ3) is 2.56. The molecule has 3 fully saturated rings. The Morgan fingerprint density at radius 3 is 2.74 bits per heavy atom. The van der Waals surface area contributed by atoms with E-state index < -0.39 is 0 Å². The van der Waals surface area contributed by atoms with Gasteiger partial charge in [0.25, 0.3) is 5.91 Å². The fraction of sp³-hybridized carbons (Fsp3) is 0.533. The topological polar surface area (TPSA) is 32.3 Å². The van der Waals surface area contributed by atoms with Gasteiger partial charge in [0.15, 0.2) is 0 Å². The molecule has 3 nitrogen and oxygen atoms in total. The lowest BCUT2D eigenvalue weighted by Crippen LogP contribution is -2.57. The summed E-state index contributed by atoms with van der Waals surface area (Å²) in [5.74, 6) is 0.715. The molecule has 102 valence electrons. The minimum absolute atomic E-state index is 0.0503. The minimum atomic E-state index is 0.0503. The number of nitrogens with one attached hydrogen (secondary N) is 1. The van der Waals surface area contributed by atoms with Crippen LogP contribution < -0.4 is 5.32 Å². The van der Waals surface area contributed by atoms with Gasteiger partial charge in [0.05, 0.1) is 5.56 Å². The number of aryl methyl sites for hydroxylation is 1. The average molecular weight is 323 g/mol. The highest BCUT2D eigenvalue weighted by atomic mass is 79.9. The first-order valence-corrected chi connectivity index (χ1v) is 7.73. The Balaban J connectivity index is 1.73. The van der Waals surface area contributed by atoms with Crippen LogP contribution in [0.25, 0.3) is 0 Å². The summed E-state index contributed by atoms with van der Waals surface area (Å²) in [4.78, 5) is 14.9. The quantitative estimate of drug-likeness (QED) is 0.907. The van der Waals surface area contributed by atoms with Crippen LogP contribution in [0.5, 0.6) is 0 Å². The standard InChI is InChI=1S/C15H19BrN2O/c1-10-3-2-4-12(14(10)16)15(19)17-13-9-18-7-5-11(13)6-8-18/h2-4,11,13H,5-9H2,1H3,(H,17,19). The molecule has 1 aromatic carbocycles. The lowest BCUT2D eigenvalue weighted by Gasteiger charge is -2.44. The van der Waals surface area contributed by atoms with E-state index in [0.717, 1.165) is 22.1 Å². The Hall–Kier alpha value is -0.870. The molecular weight excluding hydrogens is 304 g/mol. The van der Waals surface area contributed by atoms with Crippen LogP contribution in [0.4, 0.5) is 0 Å². The fourth-order valence-electron chi connectivity index (χ4n) is 3.20. The highest BCUT2D eigenvalue weighted by Crippen LogP contribution is 2.28. The predicted octanol–water partition coefficient (Wildman–Crippen LogP) is 2.58. The molecule has 1 aromatic rings. The summed E-state index contributed by atoms with van der Waals surface area (Å²) in [7, 11) is 0. The Kier molecular flexibility index (Phi) is 3.63. The number of nitrogens with zero attached hydrogens (tertiary/aromatic N) is 1. The molecule has 0 aliphatic carbocycles. The summed E-state index contributed by atoms with van der Waals surface area (Å²) in [6.45, 7) is 5.42. The van der Waals surface area contributed by atoms with Gasteiger partial charge >= 0.3 is 0 Å². The molecule has 4 rings (SSSR count). The molecule has 4 heteroatoms. The second kappa shape index (κ2) is 5.25. The zero-order chi connectivity index (χ0) is 13.4. The minimum Gasteiger partial charge on any atom is -0.348 e. The monoisotopic (exact) mass is 322 g/mol. The number of carbonyl (C=O) groups excluding carboxylic acids is 1. The maximum atomic E-state index is 12.4. The normalized spacial score (nSPS) is 29.3. The Labute approximate surface area is 122 Å². The van der Waals surface area contributed by atoms with Crippen molar-refractivity contribution < 1.29 is 4.79 Å². The first-order valence-electron chi connectivity index (χ1n) is 6.93. The maximum absolute atomic E-state index is 12.4. The molecule has 19 heavy (non-hydrogen) atoms. The van der Waals surface area contributed by atoms with Crippen molar-refractivity contribution >= 4 is 21.8 Å². The van der Waals surface area contributed by atoms with Gasteiger partial charge in [-0.1, -0.05) is 12.1 Å². The lowest BCUT2D eigenvalue weighted by molar-refractivity contribution is 0.0620. The van der Waals surface area contributed by atoms with Gasteiger partial charge in [0, 0.05) is 17.1 Å². The molecule has 3 aliphatic heterocycles.